The topological polar surface area (TPSA) is 109 Å². The van der Waals surface area contributed by atoms with Crippen LogP contribution >= 0.6 is 0 Å². The van der Waals surface area contributed by atoms with Gasteiger partial charge < -0.3 is 29.0 Å². The average molecular weight is 516 g/mol. The van der Waals surface area contributed by atoms with Crippen LogP contribution in [0.15, 0.2) is 27.6 Å². The van der Waals surface area contributed by atoms with E-state index in [4.69, 9.17) is 13.9 Å². The number of hydrogen-bond donors (Lipinski definition) is 2. The summed E-state index contributed by atoms with van der Waals surface area (Å²) in [5.74, 6) is 0.476. The third kappa shape index (κ3) is 3.73. The van der Waals surface area contributed by atoms with E-state index in [1.165, 1.54) is 6.07 Å². The Bertz CT molecular complexity index is 1080. The van der Waals surface area contributed by atoms with Crippen LogP contribution in [0.25, 0.3) is 0 Å². The molecule has 1 aliphatic heterocycles. The van der Waals surface area contributed by atoms with Crippen LogP contribution in [0.4, 0.5) is 4.79 Å². The van der Waals surface area contributed by atoms with Crippen molar-refractivity contribution in [3.63, 3.8) is 0 Å². The first kappa shape index (κ1) is 25.4. The standard InChI is InChI=1S/C29H41NO7/c1-26-9-5-20(37-25(32)30-13-15-35-16-14-30)17-28(26,33)11-7-23-22(26)6-10-27(2)21(8-12-29(23,27)34)19-3-4-24(31)36-18-19/h3-4,18,20-23,33-34H,5-17H2,1-2H3. The Kier molecular flexibility index (Phi) is 6.05. The first-order valence-corrected chi connectivity index (χ1v) is 14.2. The Balaban J connectivity index is 1.20. The molecule has 0 spiro atoms. The van der Waals surface area contributed by atoms with Crippen LogP contribution in [0.5, 0.6) is 0 Å². The van der Waals surface area contributed by atoms with Crippen molar-refractivity contribution in [2.45, 2.75) is 94.9 Å². The number of amides is 1. The van der Waals surface area contributed by atoms with E-state index in [1.54, 1.807) is 11.2 Å². The Hall–Kier alpha value is -1.90. The predicted molar refractivity (Wildman–Crippen MR) is 135 cm³/mol. The minimum atomic E-state index is -0.909. The number of ether oxygens (including phenoxy) is 2. The fourth-order valence-corrected chi connectivity index (χ4v) is 9.34. The fourth-order valence-electron chi connectivity index (χ4n) is 9.34. The zero-order chi connectivity index (χ0) is 26.1. The smallest absolute Gasteiger partial charge is 0.410 e. The number of fused-ring (bicyclic) bond motifs is 5. The van der Waals surface area contributed by atoms with Crippen molar-refractivity contribution >= 4 is 6.09 Å². The van der Waals surface area contributed by atoms with Crippen molar-refractivity contribution < 1.29 is 28.9 Å². The lowest BCUT2D eigenvalue weighted by Crippen LogP contribution is -2.67. The van der Waals surface area contributed by atoms with E-state index in [1.807, 2.05) is 6.07 Å². The summed E-state index contributed by atoms with van der Waals surface area (Å²) in [7, 11) is 0. The highest BCUT2D eigenvalue weighted by Gasteiger charge is 2.70. The first-order valence-electron chi connectivity index (χ1n) is 14.2. The molecule has 1 amide bonds. The molecule has 1 aromatic heterocycles. The Morgan fingerprint density at radius 1 is 0.973 bits per heavy atom. The molecule has 0 radical (unpaired) electrons. The van der Waals surface area contributed by atoms with Gasteiger partial charge in [-0.15, -0.1) is 0 Å². The van der Waals surface area contributed by atoms with Gasteiger partial charge in [-0.2, -0.15) is 0 Å². The van der Waals surface area contributed by atoms with E-state index in [-0.39, 0.29) is 46.4 Å². The number of aliphatic hydroxyl groups is 2. The summed E-state index contributed by atoms with van der Waals surface area (Å²) in [6.45, 7) is 6.60. The first-order chi connectivity index (χ1) is 17.6. The Labute approximate surface area is 218 Å². The van der Waals surface area contributed by atoms with Crippen molar-refractivity contribution in [2.24, 2.45) is 22.7 Å². The second-order valence-electron chi connectivity index (χ2n) is 12.9. The Morgan fingerprint density at radius 2 is 1.70 bits per heavy atom. The minimum Gasteiger partial charge on any atom is -0.446 e. The lowest BCUT2D eigenvalue weighted by Gasteiger charge is -2.66. The fraction of sp³-hybridized carbons (Fsp3) is 0.793. The largest absolute Gasteiger partial charge is 0.446 e. The monoisotopic (exact) mass is 515 g/mol. The zero-order valence-corrected chi connectivity index (χ0v) is 22.1. The third-order valence-electron chi connectivity index (χ3n) is 11.6. The van der Waals surface area contributed by atoms with Crippen molar-refractivity contribution in [1.82, 2.24) is 4.90 Å². The molecule has 204 valence electrons. The number of nitrogens with zero attached hydrogens (tertiary/aromatic N) is 1. The molecule has 6 rings (SSSR count). The molecule has 2 N–H and O–H groups in total. The van der Waals surface area contributed by atoms with E-state index in [2.05, 4.69) is 13.8 Å². The SMILES string of the molecule is CC12CCC(OC(=O)N3CCOCC3)CC1(O)CCC1C2CCC2(C)C(c3ccc(=O)oc3)CCC12O. The van der Waals surface area contributed by atoms with Crippen molar-refractivity contribution in [3.8, 4) is 0 Å². The maximum atomic E-state index is 12.7. The summed E-state index contributed by atoms with van der Waals surface area (Å²) in [6, 6.07) is 3.34. The molecule has 37 heavy (non-hydrogen) atoms. The van der Waals surface area contributed by atoms with Gasteiger partial charge in [-0.25, -0.2) is 9.59 Å². The van der Waals surface area contributed by atoms with Crippen LogP contribution in [-0.4, -0.2) is 64.8 Å². The molecule has 5 aliphatic rings. The molecule has 1 saturated heterocycles. The number of carbonyl (C=O) groups is 1. The molecule has 8 unspecified atom stereocenters. The quantitative estimate of drug-likeness (QED) is 0.616. The highest BCUT2D eigenvalue weighted by Crippen LogP contribution is 2.71. The molecule has 0 bridgehead atoms. The normalized spacial score (nSPS) is 45.5. The second kappa shape index (κ2) is 8.82. The van der Waals surface area contributed by atoms with Gasteiger partial charge in [0.2, 0.25) is 0 Å². The number of carbonyl (C=O) groups excluding carboxylic acids is 1. The van der Waals surface area contributed by atoms with Gasteiger partial charge in [0, 0.05) is 31.0 Å². The number of hydrogen-bond acceptors (Lipinski definition) is 7. The van der Waals surface area contributed by atoms with Crippen molar-refractivity contribution in [1.29, 1.82) is 0 Å². The van der Waals surface area contributed by atoms with Crippen molar-refractivity contribution in [3.05, 3.63) is 34.4 Å². The lowest BCUT2D eigenvalue weighted by atomic mass is 9.42. The van der Waals surface area contributed by atoms with Gasteiger partial charge in [-0.05, 0) is 86.2 Å². The van der Waals surface area contributed by atoms with Crippen molar-refractivity contribution in [2.75, 3.05) is 26.3 Å². The zero-order valence-electron chi connectivity index (χ0n) is 22.1. The van der Waals surface area contributed by atoms with E-state index < -0.39 is 11.2 Å². The highest BCUT2D eigenvalue weighted by molar-refractivity contribution is 5.68. The van der Waals surface area contributed by atoms with Gasteiger partial charge in [0.25, 0.3) is 0 Å². The highest BCUT2D eigenvalue weighted by atomic mass is 16.6. The molecule has 5 fully saturated rings. The van der Waals surface area contributed by atoms with E-state index in [0.29, 0.717) is 39.1 Å². The molecular weight excluding hydrogens is 474 g/mol. The maximum absolute atomic E-state index is 12.7. The second-order valence-corrected chi connectivity index (χ2v) is 12.9. The summed E-state index contributed by atoms with van der Waals surface area (Å²) in [4.78, 5) is 26.0. The molecule has 1 aromatic rings. The van der Waals surface area contributed by atoms with E-state index in [0.717, 1.165) is 50.5 Å². The molecule has 0 aromatic carbocycles. The molecule has 2 heterocycles. The summed E-state index contributed by atoms with van der Waals surface area (Å²) >= 11 is 0. The number of morpholine rings is 1. The molecule has 8 atom stereocenters. The van der Waals surface area contributed by atoms with E-state index >= 15 is 0 Å². The summed E-state index contributed by atoms with van der Waals surface area (Å²) < 4.78 is 16.4. The minimum absolute atomic E-state index is 0.115. The Morgan fingerprint density at radius 3 is 2.43 bits per heavy atom. The molecular formula is C29H41NO7. The van der Waals surface area contributed by atoms with Crippen LogP contribution in [0.3, 0.4) is 0 Å². The van der Waals surface area contributed by atoms with Crippen LogP contribution in [0, 0.1) is 22.7 Å². The summed E-state index contributed by atoms with van der Waals surface area (Å²) in [5.41, 5.74) is -1.71. The third-order valence-corrected chi connectivity index (χ3v) is 11.6. The predicted octanol–water partition coefficient (Wildman–Crippen LogP) is 3.83. The molecule has 4 aliphatic carbocycles. The van der Waals surface area contributed by atoms with Crippen LogP contribution < -0.4 is 5.63 Å². The van der Waals surface area contributed by atoms with Gasteiger partial charge >= 0.3 is 11.7 Å². The molecule has 8 heteroatoms. The van der Waals surface area contributed by atoms with Gasteiger partial charge in [0.15, 0.2) is 0 Å². The van der Waals surface area contributed by atoms with Crippen LogP contribution in [0.1, 0.15) is 83.1 Å². The summed E-state index contributed by atoms with van der Waals surface area (Å²) in [6.07, 6.45) is 7.77. The van der Waals surface area contributed by atoms with Gasteiger partial charge in [-0.1, -0.05) is 13.8 Å². The average Bonchev–Trinajstić information content (AvgIpc) is 3.17. The van der Waals surface area contributed by atoms with Gasteiger partial charge in [-0.3, -0.25) is 0 Å². The molecule has 8 nitrogen and oxygen atoms in total. The maximum Gasteiger partial charge on any atom is 0.410 e. The van der Waals surface area contributed by atoms with E-state index in [9.17, 15) is 19.8 Å². The van der Waals surface area contributed by atoms with Crippen LogP contribution in [0.2, 0.25) is 0 Å². The number of rotatable bonds is 2. The summed E-state index contributed by atoms with van der Waals surface area (Å²) in [5, 5.41) is 24.5. The lowest BCUT2D eigenvalue weighted by molar-refractivity contribution is -0.253. The van der Waals surface area contributed by atoms with Gasteiger partial charge in [0.1, 0.15) is 6.10 Å². The van der Waals surface area contributed by atoms with Crippen LogP contribution in [-0.2, 0) is 9.47 Å². The van der Waals surface area contributed by atoms with Gasteiger partial charge in [0.05, 0.1) is 30.7 Å². The molecule has 4 saturated carbocycles.